The van der Waals surface area contributed by atoms with Crippen molar-refractivity contribution in [3.63, 3.8) is 0 Å². The van der Waals surface area contributed by atoms with Gasteiger partial charge < -0.3 is 10.8 Å². The molecule has 5 heteroatoms. The summed E-state index contributed by atoms with van der Waals surface area (Å²) in [5.41, 5.74) is 7.24. The van der Waals surface area contributed by atoms with Gasteiger partial charge in [0.15, 0.2) is 0 Å². The van der Waals surface area contributed by atoms with Crippen LogP contribution in [0.5, 0.6) is 0 Å². The molecule has 1 aromatic carbocycles. The van der Waals surface area contributed by atoms with Crippen LogP contribution in [0.1, 0.15) is 25.0 Å². The van der Waals surface area contributed by atoms with Gasteiger partial charge in [-0.25, -0.2) is 0 Å². The van der Waals surface area contributed by atoms with E-state index in [9.17, 15) is 5.11 Å². The van der Waals surface area contributed by atoms with Crippen molar-refractivity contribution in [2.45, 2.75) is 26.0 Å². The van der Waals surface area contributed by atoms with E-state index in [-0.39, 0.29) is 0 Å². The van der Waals surface area contributed by atoms with Gasteiger partial charge in [0, 0.05) is 44.8 Å². The lowest BCUT2D eigenvalue weighted by atomic mass is 10.1. The van der Waals surface area contributed by atoms with Crippen LogP contribution in [0.2, 0.25) is 0 Å². The van der Waals surface area contributed by atoms with Gasteiger partial charge in [-0.3, -0.25) is 9.80 Å². The first-order valence-electron chi connectivity index (χ1n) is 7.39. The molecule has 0 bridgehead atoms. The SMILES string of the molecule is CC(C)(O)CN1CCN(Cc2cccc(C(N)=S)c2)CC1. The molecule has 116 valence electrons. The van der Waals surface area contributed by atoms with Gasteiger partial charge in [0.2, 0.25) is 0 Å². The molecule has 0 aliphatic carbocycles. The molecule has 1 aliphatic heterocycles. The van der Waals surface area contributed by atoms with Crippen molar-refractivity contribution in [2.75, 3.05) is 32.7 Å². The van der Waals surface area contributed by atoms with E-state index in [1.807, 2.05) is 26.0 Å². The molecule has 1 saturated heterocycles. The largest absolute Gasteiger partial charge is 0.389 e. The molecule has 1 aliphatic rings. The minimum absolute atomic E-state index is 0.451. The Bertz CT molecular complexity index is 491. The molecule has 0 aromatic heterocycles. The quantitative estimate of drug-likeness (QED) is 0.801. The van der Waals surface area contributed by atoms with Crippen LogP contribution < -0.4 is 5.73 Å². The van der Waals surface area contributed by atoms with Gasteiger partial charge in [0.1, 0.15) is 4.99 Å². The Kier molecular flexibility index (Phi) is 5.32. The minimum Gasteiger partial charge on any atom is -0.389 e. The highest BCUT2D eigenvalue weighted by molar-refractivity contribution is 7.80. The number of rotatable bonds is 5. The predicted octanol–water partition coefficient (Wildman–Crippen LogP) is 1.21. The summed E-state index contributed by atoms with van der Waals surface area (Å²) in [5, 5.41) is 9.87. The molecular formula is C16H25N3OS. The maximum Gasteiger partial charge on any atom is 0.103 e. The number of benzene rings is 1. The first kappa shape index (κ1) is 16.4. The average Bonchev–Trinajstić information content (AvgIpc) is 2.40. The smallest absolute Gasteiger partial charge is 0.103 e. The zero-order chi connectivity index (χ0) is 15.5. The number of thiocarbonyl (C=S) groups is 1. The number of aliphatic hydroxyl groups is 1. The molecule has 1 aromatic rings. The summed E-state index contributed by atoms with van der Waals surface area (Å²) in [6, 6.07) is 8.15. The van der Waals surface area contributed by atoms with Crippen LogP contribution in [0.4, 0.5) is 0 Å². The minimum atomic E-state index is -0.618. The molecule has 0 spiro atoms. The number of piperazine rings is 1. The zero-order valence-electron chi connectivity index (χ0n) is 12.9. The Morgan fingerprint density at radius 3 is 2.43 bits per heavy atom. The van der Waals surface area contributed by atoms with Crippen LogP contribution >= 0.6 is 12.2 Å². The molecule has 21 heavy (non-hydrogen) atoms. The summed E-state index contributed by atoms with van der Waals surface area (Å²) < 4.78 is 0. The third-order valence-electron chi connectivity index (χ3n) is 3.69. The summed E-state index contributed by atoms with van der Waals surface area (Å²) in [4.78, 5) is 5.20. The highest BCUT2D eigenvalue weighted by Gasteiger charge is 2.22. The summed E-state index contributed by atoms with van der Waals surface area (Å²) >= 11 is 5.03. The monoisotopic (exact) mass is 307 g/mol. The van der Waals surface area contributed by atoms with E-state index >= 15 is 0 Å². The average molecular weight is 307 g/mol. The number of nitrogens with two attached hydrogens (primary N) is 1. The molecule has 0 unspecified atom stereocenters. The standard InChI is InChI=1S/C16H25N3OS/c1-16(2,20)12-19-8-6-18(7-9-19)11-13-4-3-5-14(10-13)15(17)21/h3-5,10,20H,6-9,11-12H2,1-2H3,(H2,17,21). The summed E-state index contributed by atoms with van der Waals surface area (Å²) in [7, 11) is 0. The Morgan fingerprint density at radius 2 is 1.86 bits per heavy atom. The normalized spacial score (nSPS) is 17.9. The maximum atomic E-state index is 9.87. The topological polar surface area (TPSA) is 52.7 Å². The van der Waals surface area contributed by atoms with Gasteiger partial charge in [0.25, 0.3) is 0 Å². The highest BCUT2D eigenvalue weighted by atomic mass is 32.1. The van der Waals surface area contributed by atoms with Crippen LogP contribution in [0.15, 0.2) is 24.3 Å². The lowest BCUT2D eigenvalue weighted by molar-refractivity contribution is 0.0167. The van der Waals surface area contributed by atoms with Crippen LogP contribution in [0.3, 0.4) is 0 Å². The van der Waals surface area contributed by atoms with Crippen LogP contribution in [0, 0.1) is 0 Å². The van der Waals surface area contributed by atoms with E-state index in [1.54, 1.807) is 0 Å². The van der Waals surface area contributed by atoms with Crippen LogP contribution in [-0.4, -0.2) is 58.2 Å². The third-order valence-corrected chi connectivity index (χ3v) is 3.93. The molecule has 0 atom stereocenters. The lowest BCUT2D eigenvalue weighted by Crippen LogP contribution is -2.50. The summed E-state index contributed by atoms with van der Waals surface area (Å²) in [6.45, 7) is 9.42. The van der Waals surface area contributed by atoms with Crippen molar-refractivity contribution >= 4 is 17.2 Å². The second-order valence-electron chi connectivity index (χ2n) is 6.43. The van der Waals surface area contributed by atoms with Gasteiger partial charge in [-0.1, -0.05) is 30.4 Å². The fraction of sp³-hybridized carbons (Fsp3) is 0.562. The van der Waals surface area contributed by atoms with Crippen LogP contribution in [0.25, 0.3) is 0 Å². The number of hydrogen-bond donors (Lipinski definition) is 2. The van der Waals surface area contributed by atoms with Crippen molar-refractivity contribution in [3.8, 4) is 0 Å². The van der Waals surface area contributed by atoms with E-state index in [1.165, 1.54) is 5.56 Å². The molecule has 0 amide bonds. The third kappa shape index (κ3) is 5.36. The predicted molar refractivity (Wildman–Crippen MR) is 90.3 cm³/mol. The van der Waals surface area contributed by atoms with Gasteiger partial charge in [-0.05, 0) is 25.5 Å². The molecular weight excluding hydrogens is 282 g/mol. The van der Waals surface area contributed by atoms with E-state index in [0.717, 1.165) is 44.8 Å². The molecule has 3 N–H and O–H groups in total. The number of nitrogens with zero attached hydrogens (tertiary/aromatic N) is 2. The molecule has 4 nitrogen and oxygen atoms in total. The van der Waals surface area contributed by atoms with Crippen LogP contribution in [-0.2, 0) is 6.54 Å². The second kappa shape index (κ2) is 6.83. The van der Waals surface area contributed by atoms with Gasteiger partial charge in [0.05, 0.1) is 5.60 Å². The van der Waals surface area contributed by atoms with E-state index in [0.29, 0.717) is 4.99 Å². The van der Waals surface area contributed by atoms with Crippen molar-refractivity contribution in [3.05, 3.63) is 35.4 Å². The number of hydrogen-bond acceptors (Lipinski definition) is 4. The fourth-order valence-corrected chi connectivity index (χ4v) is 2.86. The van der Waals surface area contributed by atoms with E-state index in [2.05, 4.69) is 21.9 Å². The van der Waals surface area contributed by atoms with Gasteiger partial charge >= 0.3 is 0 Å². The van der Waals surface area contributed by atoms with Crippen molar-refractivity contribution in [1.29, 1.82) is 0 Å². The van der Waals surface area contributed by atoms with E-state index < -0.39 is 5.60 Å². The maximum absolute atomic E-state index is 9.87. The van der Waals surface area contributed by atoms with Crippen molar-refractivity contribution in [1.82, 2.24) is 9.80 Å². The summed E-state index contributed by atoms with van der Waals surface area (Å²) in [5.74, 6) is 0. The summed E-state index contributed by atoms with van der Waals surface area (Å²) in [6.07, 6.45) is 0. The van der Waals surface area contributed by atoms with E-state index in [4.69, 9.17) is 18.0 Å². The van der Waals surface area contributed by atoms with Gasteiger partial charge in [-0.2, -0.15) is 0 Å². The second-order valence-corrected chi connectivity index (χ2v) is 6.87. The first-order chi connectivity index (χ1) is 9.83. The Morgan fingerprint density at radius 1 is 1.24 bits per heavy atom. The highest BCUT2D eigenvalue weighted by Crippen LogP contribution is 2.13. The van der Waals surface area contributed by atoms with Crippen molar-refractivity contribution < 1.29 is 5.11 Å². The fourth-order valence-electron chi connectivity index (χ4n) is 2.73. The lowest BCUT2D eigenvalue weighted by Gasteiger charge is -2.37. The number of β-amino-alcohol motifs (C(OH)–C–C–N with tert-alkyl or cyclic N) is 1. The molecule has 1 fully saturated rings. The molecule has 2 rings (SSSR count). The zero-order valence-corrected chi connectivity index (χ0v) is 13.7. The molecule has 1 heterocycles. The Hall–Kier alpha value is -1.01. The van der Waals surface area contributed by atoms with Crippen molar-refractivity contribution in [2.24, 2.45) is 5.73 Å². The Balaban J connectivity index is 1.86. The molecule has 0 saturated carbocycles. The first-order valence-corrected chi connectivity index (χ1v) is 7.80. The molecule has 0 radical (unpaired) electrons. The Labute approximate surface area is 132 Å². The van der Waals surface area contributed by atoms with Gasteiger partial charge in [-0.15, -0.1) is 0 Å².